The van der Waals surface area contributed by atoms with E-state index in [9.17, 15) is 18.4 Å². The summed E-state index contributed by atoms with van der Waals surface area (Å²) >= 11 is 1.17. The number of para-hydroxylation sites is 1. The first-order valence-corrected chi connectivity index (χ1v) is 11.0. The summed E-state index contributed by atoms with van der Waals surface area (Å²) in [6.45, 7) is -2.93. The van der Waals surface area contributed by atoms with Crippen LogP contribution in [0.15, 0.2) is 58.5 Å². The van der Waals surface area contributed by atoms with Crippen molar-refractivity contribution in [2.75, 3.05) is 5.75 Å². The fourth-order valence-electron chi connectivity index (χ4n) is 3.68. The normalized spacial score (nSPS) is 14.3. The van der Waals surface area contributed by atoms with Crippen molar-refractivity contribution in [2.45, 2.75) is 43.5 Å². The van der Waals surface area contributed by atoms with Gasteiger partial charge in [-0.15, -0.1) is 0 Å². The van der Waals surface area contributed by atoms with Gasteiger partial charge in [-0.25, -0.2) is 4.98 Å². The minimum atomic E-state index is -2.93. The average Bonchev–Trinajstić information content (AvgIpc) is 3.26. The van der Waals surface area contributed by atoms with Crippen molar-refractivity contribution in [3.63, 3.8) is 0 Å². The molecule has 1 N–H and O–H groups in total. The molecule has 0 bridgehead atoms. The van der Waals surface area contributed by atoms with Crippen molar-refractivity contribution in [2.24, 2.45) is 0 Å². The Hall–Kier alpha value is -2.94. The summed E-state index contributed by atoms with van der Waals surface area (Å²) in [4.78, 5) is 30.2. The summed E-state index contributed by atoms with van der Waals surface area (Å²) in [5.74, 6) is 0.00523. The summed E-state index contributed by atoms with van der Waals surface area (Å²) in [5, 5.41) is 3.80. The molecule has 0 unspecified atom stereocenters. The van der Waals surface area contributed by atoms with Crippen molar-refractivity contribution in [1.29, 1.82) is 0 Å². The maximum absolute atomic E-state index is 13.2. The van der Waals surface area contributed by atoms with Crippen LogP contribution in [0.25, 0.3) is 16.6 Å². The van der Waals surface area contributed by atoms with Gasteiger partial charge in [0.1, 0.15) is 5.75 Å². The summed E-state index contributed by atoms with van der Waals surface area (Å²) in [6.07, 6.45) is 4.22. The van der Waals surface area contributed by atoms with E-state index in [1.54, 1.807) is 24.3 Å². The molecule has 1 saturated carbocycles. The van der Waals surface area contributed by atoms with Crippen LogP contribution >= 0.6 is 11.8 Å². The number of nitrogens with zero attached hydrogens (tertiary/aromatic N) is 2. The largest absolute Gasteiger partial charge is 0.435 e. The first-order chi connectivity index (χ1) is 15.0. The fraction of sp³-hybridized carbons (Fsp3) is 0.318. The third kappa shape index (κ3) is 5.04. The number of fused-ring (bicyclic) bond motifs is 1. The van der Waals surface area contributed by atoms with Crippen LogP contribution in [-0.4, -0.2) is 33.9 Å². The van der Waals surface area contributed by atoms with E-state index in [1.807, 2.05) is 0 Å². The molecule has 0 spiro atoms. The molecule has 162 valence electrons. The van der Waals surface area contributed by atoms with E-state index in [4.69, 9.17) is 0 Å². The van der Waals surface area contributed by atoms with Gasteiger partial charge in [-0.1, -0.05) is 36.7 Å². The lowest BCUT2D eigenvalue weighted by molar-refractivity contribution is -0.119. The molecule has 4 rings (SSSR count). The molecule has 0 aliphatic heterocycles. The van der Waals surface area contributed by atoms with Gasteiger partial charge in [0.05, 0.1) is 22.3 Å². The Morgan fingerprint density at radius 1 is 1.16 bits per heavy atom. The number of carbonyl (C=O) groups excluding carboxylic acids is 1. The molecular weight excluding hydrogens is 424 g/mol. The monoisotopic (exact) mass is 445 g/mol. The highest BCUT2D eigenvalue weighted by molar-refractivity contribution is 7.99. The molecule has 9 heteroatoms. The van der Waals surface area contributed by atoms with E-state index < -0.39 is 6.61 Å². The van der Waals surface area contributed by atoms with E-state index in [0.717, 1.165) is 25.7 Å². The van der Waals surface area contributed by atoms with Crippen LogP contribution < -0.4 is 15.6 Å². The topological polar surface area (TPSA) is 73.2 Å². The van der Waals surface area contributed by atoms with Crippen LogP contribution in [0.4, 0.5) is 8.78 Å². The standard InChI is InChI=1S/C22H21F2N3O3S/c23-21(24)30-16-11-9-15(10-12-16)27-20(29)17-7-3-4-8-18(17)26-22(27)31-13-19(28)25-14-5-1-2-6-14/h3-4,7-12,14,21H,1-2,5-6,13H2,(H,25,28). The number of thioether (sulfide) groups is 1. The number of hydrogen-bond acceptors (Lipinski definition) is 5. The lowest BCUT2D eigenvalue weighted by Crippen LogP contribution is -2.34. The second-order valence-electron chi connectivity index (χ2n) is 7.26. The van der Waals surface area contributed by atoms with Crippen molar-refractivity contribution in [3.8, 4) is 11.4 Å². The van der Waals surface area contributed by atoms with Crippen molar-refractivity contribution in [3.05, 3.63) is 58.9 Å². The highest BCUT2D eigenvalue weighted by atomic mass is 32.2. The quantitative estimate of drug-likeness (QED) is 0.437. The summed E-state index contributed by atoms with van der Waals surface area (Å²) in [7, 11) is 0. The van der Waals surface area contributed by atoms with Gasteiger partial charge in [-0.2, -0.15) is 8.78 Å². The van der Waals surface area contributed by atoms with Crippen LogP contribution in [0.1, 0.15) is 25.7 Å². The highest BCUT2D eigenvalue weighted by Crippen LogP contribution is 2.24. The molecule has 6 nitrogen and oxygen atoms in total. The Labute approximate surface area is 181 Å². The first-order valence-electron chi connectivity index (χ1n) is 10.0. The Bertz CT molecular complexity index is 1130. The highest BCUT2D eigenvalue weighted by Gasteiger charge is 2.19. The van der Waals surface area contributed by atoms with Crippen molar-refractivity contribution < 1.29 is 18.3 Å². The van der Waals surface area contributed by atoms with Crippen LogP contribution in [0.2, 0.25) is 0 Å². The van der Waals surface area contributed by atoms with E-state index in [1.165, 1.54) is 40.6 Å². The minimum Gasteiger partial charge on any atom is -0.435 e. The van der Waals surface area contributed by atoms with E-state index >= 15 is 0 Å². The Kier molecular flexibility index (Phi) is 6.50. The van der Waals surface area contributed by atoms with E-state index in [0.29, 0.717) is 21.7 Å². The van der Waals surface area contributed by atoms with Crippen LogP contribution in [0.3, 0.4) is 0 Å². The zero-order valence-electron chi connectivity index (χ0n) is 16.6. The molecule has 1 aliphatic carbocycles. The zero-order valence-corrected chi connectivity index (χ0v) is 17.4. The second-order valence-corrected chi connectivity index (χ2v) is 8.20. The molecule has 0 radical (unpaired) electrons. The van der Waals surface area contributed by atoms with Crippen LogP contribution in [-0.2, 0) is 4.79 Å². The predicted molar refractivity (Wildman–Crippen MR) is 115 cm³/mol. The Morgan fingerprint density at radius 3 is 2.58 bits per heavy atom. The van der Waals surface area contributed by atoms with Crippen molar-refractivity contribution in [1.82, 2.24) is 14.9 Å². The van der Waals surface area contributed by atoms with Gasteiger partial charge in [0, 0.05) is 6.04 Å². The van der Waals surface area contributed by atoms with Gasteiger partial charge in [-0.3, -0.25) is 14.2 Å². The summed E-state index contributed by atoms with van der Waals surface area (Å²) in [5.41, 5.74) is 0.676. The first kappa shape index (κ1) is 21.3. The van der Waals surface area contributed by atoms with Gasteiger partial charge in [0.2, 0.25) is 5.91 Å². The number of hydrogen-bond donors (Lipinski definition) is 1. The number of ether oxygens (including phenoxy) is 1. The number of nitrogens with one attached hydrogen (secondary N) is 1. The van der Waals surface area contributed by atoms with Gasteiger partial charge >= 0.3 is 6.61 Å². The molecule has 1 amide bonds. The molecular formula is C22H21F2N3O3S. The van der Waals surface area contributed by atoms with Crippen molar-refractivity contribution >= 4 is 28.6 Å². The lowest BCUT2D eigenvalue weighted by Gasteiger charge is -2.15. The molecule has 0 saturated heterocycles. The van der Waals surface area contributed by atoms with Crippen LogP contribution in [0, 0.1) is 0 Å². The van der Waals surface area contributed by atoms with Gasteiger partial charge in [-0.05, 0) is 49.2 Å². The Balaban J connectivity index is 1.64. The third-order valence-corrected chi connectivity index (χ3v) is 6.06. The fourth-order valence-corrected chi connectivity index (χ4v) is 4.51. The molecule has 31 heavy (non-hydrogen) atoms. The third-order valence-electron chi connectivity index (χ3n) is 5.12. The average molecular weight is 445 g/mol. The molecule has 2 aromatic carbocycles. The van der Waals surface area contributed by atoms with Gasteiger partial charge in [0.15, 0.2) is 5.16 Å². The lowest BCUT2D eigenvalue weighted by atomic mass is 10.2. The number of rotatable bonds is 7. The summed E-state index contributed by atoms with van der Waals surface area (Å²) in [6, 6.07) is 12.9. The second kappa shape index (κ2) is 9.47. The zero-order chi connectivity index (χ0) is 21.8. The Morgan fingerprint density at radius 2 is 1.87 bits per heavy atom. The smallest absolute Gasteiger partial charge is 0.387 e. The molecule has 0 atom stereocenters. The van der Waals surface area contributed by atoms with Crippen LogP contribution in [0.5, 0.6) is 5.75 Å². The number of halogens is 2. The summed E-state index contributed by atoms with van der Waals surface area (Å²) < 4.78 is 30.7. The molecule has 1 aliphatic rings. The van der Waals surface area contributed by atoms with Gasteiger partial charge < -0.3 is 10.1 Å². The maximum atomic E-state index is 13.2. The van der Waals surface area contributed by atoms with E-state index in [-0.39, 0.29) is 29.0 Å². The van der Waals surface area contributed by atoms with E-state index in [2.05, 4.69) is 15.0 Å². The minimum absolute atomic E-state index is 0.00862. The SMILES string of the molecule is O=C(CSc1nc2ccccc2c(=O)n1-c1ccc(OC(F)F)cc1)NC1CCCC1. The number of alkyl halides is 2. The maximum Gasteiger partial charge on any atom is 0.387 e. The molecule has 1 fully saturated rings. The molecule has 1 aromatic heterocycles. The van der Waals surface area contributed by atoms with Gasteiger partial charge in [0.25, 0.3) is 5.56 Å². The number of benzene rings is 2. The number of amides is 1. The number of carbonyl (C=O) groups is 1. The molecule has 1 heterocycles. The molecule has 3 aromatic rings. The predicted octanol–water partition coefficient (Wildman–Crippen LogP) is 4.14. The number of aromatic nitrogens is 2.